The van der Waals surface area contributed by atoms with Crippen molar-refractivity contribution in [3.05, 3.63) is 45.3 Å². The van der Waals surface area contributed by atoms with E-state index in [9.17, 15) is 4.79 Å². The number of benzene rings is 1. The molecular weight excluding hydrogens is 232 g/mol. The number of rotatable bonds is 1. The lowest BCUT2D eigenvalue weighted by atomic mass is 10.1. The fraction of sp³-hybridized carbons (Fsp3) is 0. The van der Waals surface area contributed by atoms with Gasteiger partial charge in [0.05, 0.1) is 5.56 Å². The average molecular weight is 239 g/mol. The second kappa shape index (κ2) is 3.22. The third-order valence-electron chi connectivity index (χ3n) is 1.80. The number of halogens is 1. The van der Waals surface area contributed by atoms with Gasteiger partial charge in [0, 0.05) is 10.7 Å². The van der Waals surface area contributed by atoms with Crippen molar-refractivity contribution < 1.29 is 0 Å². The molecule has 0 saturated carbocycles. The predicted octanol–water partition coefficient (Wildman–Crippen LogP) is 2.13. The van der Waals surface area contributed by atoms with Crippen LogP contribution in [0.3, 0.4) is 0 Å². The van der Waals surface area contributed by atoms with E-state index in [0.717, 1.165) is 10.0 Å². The van der Waals surface area contributed by atoms with Gasteiger partial charge in [-0.2, -0.15) is 0 Å². The quantitative estimate of drug-likeness (QED) is 0.786. The molecule has 0 aliphatic heterocycles. The van der Waals surface area contributed by atoms with E-state index >= 15 is 0 Å². The van der Waals surface area contributed by atoms with Crippen molar-refractivity contribution in [2.45, 2.75) is 0 Å². The van der Waals surface area contributed by atoms with Gasteiger partial charge in [-0.05, 0) is 17.7 Å². The summed E-state index contributed by atoms with van der Waals surface area (Å²) in [4.78, 5) is 11.2. The van der Waals surface area contributed by atoms with E-state index in [1.807, 2.05) is 24.3 Å². The Morgan fingerprint density at radius 3 is 2.38 bits per heavy atom. The highest BCUT2D eigenvalue weighted by Crippen LogP contribution is 2.17. The van der Waals surface area contributed by atoms with E-state index in [4.69, 9.17) is 0 Å². The summed E-state index contributed by atoms with van der Waals surface area (Å²) in [7, 11) is 0. The first-order chi connectivity index (χ1) is 6.27. The van der Waals surface area contributed by atoms with Crippen LogP contribution in [0.15, 0.2) is 39.7 Å². The van der Waals surface area contributed by atoms with Crippen molar-refractivity contribution in [1.82, 2.24) is 10.2 Å². The largest absolute Gasteiger partial charge is 0.305 e. The second-order valence-corrected chi connectivity index (χ2v) is 3.58. The van der Waals surface area contributed by atoms with Gasteiger partial charge in [0.25, 0.3) is 5.56 Å². The monoisotopic (exact) mass is 238 g/mol. The average Bonchev–Trinajstić information content (AvgIpc) is 2.53. The van der Waals surface area contributed by atoms with Crippen LogP contribution in [0, 0.1) is 0 Å². The zero-order valence-corrected chi connectivity index (χ0v) is 8.26. The van der Waals surface area contributed by atoms with Crippen LogP contribution >= 0.6 is 15.9 Å². The lowest BCUT2D eigenvalue weighted by Gasteiger charge is -1.94. The summed E-state index contributed by atoms with van der Waals surface area (Å²) in [6.45, 7) is 0. The van der Waals surface area contributed by atoms with E-state index in [1.54, 1.807) is 6.20 Å². The summed E-state index contributed by atoms with van der Waals surface area (Å²) in [6.07, 6.45) is 1.66. The van der Waals surface area contributed by atoms with Crippen molar-refractivity contribution in [2.75, 3.05) is 0 Å². The molecule has 0 bridgehead atoms. The Balaban J connectivity index is 2.54. The van der Waals surface area contributed by atoms with E-state index < -0.39 is 0 Å². The first kappa shape index (κ1) is 8.31. The number of aromatic nitrogens is 2. The van der Waals surface area contributed by atoms with Crippen LogP contribution in [0.5, 0.6) is 0 Å². The normalized spacial score (nSPS) is 10.2. The number of nitrogens with one attached hydrogen (secondary N) is 2. The maximum Gasteiger partial charge on any atom is 0.271 e. The van der Waals surface area contributed by atoms with E-state index in [2.05, 4.69) is 26.1 Å². The minimum Gasteiger partial charge on any atom is -0.305 e. The second-order valence-electron chi connectivity index (χ2n) is 2.66. The molecule has 2 aromatic rings. The molecule has 0 aliphatic rings. The van der Waals surface area contributed by atoms with Gasteiger partial charge in [-0.25, -0.2) is 0 Å². The van der Waals surface area contributed by atoms with Crippen LogP contribution < -0.4 is 5.56 Å². The fourth-order valence-corrected chi connectivity index (χ4v) is 1.41. The molecule has 4 heteroatoms. The number of hydrogen-bond acceptors (Lipinski definition) is 1. The summed E-state index contributed by atoms with van der Waals surface area (Å²) < 4.78 is 1.00. The summed E-state index contributed by atoms with van der Waals surface area (Å²) in [6, 6.07) is 7.59. The first-order valence-electron chi connectivity index (χ1n) is 3.79. The molecule has 0 amide bonds. The zero-order chi connectivity index (χ0) is 9.26. The lowest BCUT2D eigenvalue weighted by Crippen LogP contribution is -2.00. The summed E-state index contributed by atoms with van der Waals surface area (Å²) in [5, 5.41) is 5.15. The van der Waals surface area contributed by atoms with Crippen molar-refractivity contribution in [3.8, 4) is 11.1 Å². The predicted molar refractivity (Wildman–Crippen MR) is 54.5 cm³/mol. The van der Waals surface area contributed by atoms with Gasteiger partial charge < -0.3 is 5.10 Å². The molecule has 0 fully saturated rings. The molecule has 0 unspecified atom stereocenters. The number of aromatic amines is 2. The Morgan fingerprint density at radius 1 is 1.15 bits per heavy atom. The molecule has 0 aliphatic carbocycles. The van der Waals surface area contributed by atoms with Crippen LogP contribution in [-0.4, -0.2) is 10.2 Å². The van der Waals surface area contributed by atoms with Crippen LogP contribution in [-0.2, 0) is 0 Å². The maximum absolute atomic E-state index is 11.2. The Labute approximate surface area is 82.9 Å². The lowest BCUT2D eigenvalue weighted by molar-refractivity contribution is 1.06. The molecule has 0 radical (unpaired) electrons. The van der Waals surface area contributed by atoms with Gasteiger partial charge in [-0.3, -0.25) is 9.89 Å². The van der Waals surface area contributed by atoms with Gasteiger partial charge in [-0.15, -0.1) is 0 Å². The molecule has 0 spiro atoms. The molecule has 66 valence electrons. The summed E-state index contributed by atoms with van der Waals surface area (Å²) in [5.74, 6) is 0. The number of hydrogen-bond donors (Lipinski definition) is 2. The molecule has 1 aromatic carbocycles. The van der Waals surface area contributed by atoms with E-state index in [0.29, 0.717) is 5.56 Å². The van der Waals surface area contributed by atoms with Crippen LogP contribution in [0.25, 0.3) is 11.1 Å². The molecule has 3 nitrogen and oxygen atoms in total. The number of H-pyrrole nitrogens is 2. The Bertz CT molecular complexity index is 455. The Kier molecular flexibility index (Phi) is 2.06. The molecule has 1 aromatic heterocycles. The minimum atomic E-state index is -0.0951. The van der Waals surface area contributed by atoms with Crippen LogP contribution in [0.4, 0.5) is 0 Å². The van der Waals surface area contributed by atoms with Crippen LogP contribution in [0.1, 0.15) is 0 Å². The third kappa shape index (κ3) is 1.58. The molecule has 0 atom stereocenters. The highest BCUT2D eigenvalue weighted by molar-refractivity contribution is 9.10. The van der Waals surface area contributed by atoms with Gasteiger partial charge in [-0.1, -0.05) is 28.1 Å². The fourth-order valence-electron chi connectivity index (χ4n) is 1.15. The van der Waals surface area contributed by atoms with E-state index in [1.165, 1.54) is 0 Å². The molecule has 13 heavy (non-hydrogen) atoms. The molecule has 0 saturated heterocycles. The van der Waals surface area contributed by atoms with Crippen molar-refractivity contribution >= 4 is 15.9 Å². The maximum atomic E-state index is 11.2. The molecule has 2 rings (SSSR count). The third-order valence-corrected chi connectivity index (χ3v) is 2.33. The van der Waals surface area contributed by atoms with Gasteiger partial charge in [0.1, 0.15) is 0 Å². The highest BCUT2D eigenvalue weighted by Gasteiger charge is 2.02. The zero-order valence-electron chi connectivity index (χ0n) is 6.67. The Morgan fingerprint density at radius 2 is 1.85 bits per heavy atom. The van der Waals surface area contributed by atoms with E-state index in [-0.39, 0.29) is 5.56 Å². The highest BCUT2D eigenvalue weighted by atomic mass is 79.9. The smallest absolute Gasteiger partial charge is 0.271 e. The SMILES string of the molecule is O=c1[nH][nH]cc1-c1ccc(Br)cc1. The van der Waals surface area contributed by atoms with Crippen molar-refractivity contribution in [2.24, 2.45) is 0 Å². The minimum absolute atomic E-state index is 0.0951. The van der Waals surface area contributed by atoms with Gasteiger partial charge in [0.15, 0.2) is 0 Å². The van der Waals surface area contributed by atoms with Crippen LogP contribution in [0.2, 0.25) is 0 Å². The van der Waals surface area contributed by atoms with Crippen molar-refractivity contribution in [3.63, 3.8) is 0 Å². The summed E-state index contributed by atoms with van der Waals surface area (Å²) in [5.41, 5.74) is 1.47. The summed E-state index contributed by atoms with van der Waals surface area (Å²) >= 11 is 3.33. The van der Waals surface area contributed by atoms with Crippen molar-refractivity contribution in [1.29, 1.82) is 0 Å². The molecular formula is C9H7BrN2O. The topological polar surface area (TPSA) is 48.6 Å². The molecule has 1 heterocycles. The standard InChI is InChI=1S/C9H7BrN2O/c10-7-3-1-6(2-4-7)8-5-11-12-9(8)13/h1-5H,(H2,11,12,13). The molecule has 2 N–H and O–H groups in total. The van der Waals surface area contributed by atoms with Gasteiger partial charge >= 0.3 is 0 Å². The Hall–Kier alpha value is -1.29. The first-order valence-corrected chi connectivity index (χ1v) is 4.58. The van der Waals surface area contributed by atoms with Gasteiger partial charge in [0.2, 0.25) is 0 Å².